The number of hydrogen-bond acceptors (Lipinski definition) is 2. The van der Waals surface area contributed by atoms with Crippen molar-refractivity contribution in [2.75, 3.05) is 0 Å². The van der Waals surface area contributed by atoms with Crippen molar-refractivity contribution in [3.63, 3.8) is 0 Å². The molecular formula is C27H29N3. The van der Waals surface area contributed by atoms with Gasteiger partial charge in [0.2, 0.25) is 0 Å². The van der Waals surface area contributed by atoms with Gasteiger partial charge in [0.15, 0.2) is 0 Å². The number of aromatic nitrogens is 2. The Bertz CT molecular complexity index is 1150. The molecule has 5 rings (SSSR count). The van der Waals surface area contributed by atoms with Gasteiger partial charge >= 0.3 is 0 Å². The maximum Gasteiger partial charge on any atom is 0.141 e. The summed E-state index contributed by atoms with van der Waals surface area (Å²) < 4.78 is 2.35. The quantitative estimate of drug-likeness (QED) is 0.481. The smallest absolute Gasteiger partial charge is 0.141 e. The van der Waals surface area contributed by atoms with Crippen LogP contribution in [0.25, 0.3) is 22.6 Å². The van der Waals surface area contributed by atoms with Gasteiger partial charge in [-0.05, 0) is 28.5 Å². The Balaban J connectivity index is 1.82. The molecule has 0 spiro atoms. The lowest BCUT2D eigenvalue weighted by Crippen LogP contribution is -2.21. The molecule has 2 aromatic carbocycles. The minimum atomic E-state index is 0.270. The Hall–Kier alpha value is -2.94. The number of benzene rings is 2. The third-order valence-corrected chi connectivity index (χ3v) is 6.64. The number of imidazole rings is 1. The second kappa shape index (κ2) is 7.09. The van der Waals surface area contributed by atoms with Crippen LogP contribution < -0.4 is 0 Å². The molecule has 3 heteroatoms. The average molecular weight is 396 g/mol. The first-order valence-electron chi connectivity index (χ1n) is 11.0. The van der Waals surface area contributed by atoms with Crippen LogP contribution in [0.3, 0.4) is 0 Å². The molecule has 3 nitrogen and oxygen atoms in total. The molecule has 1 aliphatic heterocycles. The molecule has 152 valence electrons. The summed E-state index contributed by atoms with van der Waals surface area (Å²) in [6.07, 6.45) is 6.27. The van der Waals surface area contributed by atoms with Crippen molar-refractivity contribution in [3.8, 4) is 22.6 Å². The van der Waals surface area contributed by atoms with Crippen LogP contribution in [0.5, 0.6) is 0 Å². The summed E-state index contributed by atoms with van der Waals surface area (Å²) in [6.45, 7) is 9.10. The van der Waals surface area contributed by atoms with Crippen molar-refractivity contribution in [3.05, 3.63) is 77.1 Å². The van der Waals surface area contributed by atoms with Crippen molar-refractivity contribution in [2.24, 2.45) is 12.0 Å². The molecule has 30 heavy (non-hydrogen) atoms. The van der Waals surface area contributed by atoms with Gasteiger partial charge < -0.3 is 4.57 Å². The largest absolute Gasteiger partial charge is 0.330 e. The molecule has 0 N–H and O–H groups in total. The molecule has 1 aromatic heterocycles. The summed E-state index contributed by atoms with van der Waals surface area (Å²) in [4.78, 5) is 9.79. The number of rotatable bonds is 3. The first kappa shape index (κ1) is 19.0. The van der Waals surface area contributed by atoms with E-state index in [0.29, 0.717) is 11.8 Å². The fourth-order valence-corrected chi connectivity index (χ4v) is 5.16. The van der Waals surface area contributed by atoms with Crippen molar-refractivity contribution < 1.29 is 0 Å². The topological polar surface area (TPSA) is 30.2 Å². The Morgan fingerprint density at radius 2 is 1.57 bits per heavy atom. The predicted molar refractivity (Wildman–Crippen MR) is 125 cm³/mol. The van der Waals surface area contributed by atoms with Crippen molar-refractivity contribution in [2.45, 2.75) is 51.4 Å². The lowest BCUT2D eigenvalue weighted by atomic mass is 9.75. The molecule has 2 unspecified atom stereocenters. The van der Waals surface area contributed by atoms with E-state index in [1.165, 1.54) is 33.5 Å². The molecule has 0 saturated heterocycles. The lowest BCUT2D eigenvalue weighted by Gasteiger charge is -2.31. The summed E-state index contributed by atoms with van der Waals surface area (Å²) in [5.41, 5.74) is 9.04. The highest BCUT2D eigenvalue weighted by Crippen LogP contribution is 2.49. The zero-order valence-electron chi connectivity index (χ0n) is 18.4. The van der Waals surface area contributed by atoms with Crippen LogP contribution >= 0.6 is 0 Å². The normalized spacial score (nSPS) is 19.2. The fraction of sp³-hybridized carbons (Fsp3) is 0.333. The summed E-state index contributed by atoms with van der Waals surface area (Å²) in [5.74, 6) is 2.50. The molecule has 0 bridgehead atoms. The summed E-state index contributed by atoms with van der Waals surface area (Å²) in [6, 6.07) is 15.4. The average Bonchev–Trinajstić information content (AvgIpc) is 3.10. The molecule has 0 radical (unpaired) electrons. The molecule has 2 heterocycles. The Morgan fingerprint density at radius 1 is 0.867 bits per heavy atom. The van der Waals surface area contributed by atoms with Crippen LogP contribution in [0.15, 0.2) is 59.7 Å². The SMILES string of the molecule is CC(C)c1cccc(C(C)C)c1-c1nc2c(n1C)C1C=CN=CC1c1ccccc1-2. The van der Waals surface area contributed by atoms with Gasteiger partial charge in [-0.2, -0.15) is 0 Å². The van der Waals surface area contributed by atoms with Crippen LogP contribution in [0, 0.1) is 0 Å². The standard InChI is InChI=1S/C27H29N3/c1-16(2)18-11-8-12-19(17(3)4)24(18)27-29-25-21-10-7-6-9-20(21)23-15-28-14-13-22(23)26(25)30(27)5/h6-17,22-23H,1-5H3. The molecule has 0 saturated carbocycles. The van der Waals surface area contributed by atoms with E-state index in [1.807, 2.05) is 6.20 Å². The number of allylic oxidation sites excluding steroid dienone is 1. The van der Waals surface area contributed by atoms with E-state index in [9.17, 15) is 0 Å². The van der Waals surface area contributed by atoms with E-state index >= 15 is 0 Å². The predicted octanol–water partition coefficient (Wildman–Crippen LogP) is 6.78. The second-order valence-corrected chi connectivity index (χ2v) is 9.13. The Morgan fingerprint density at radius 3 is 2.27 bits per heavy atom. The van der Waals surface area contributed by atoms with Gasteiger partial charge in [-0.25, -0.2) is 4.98 Å². The van der Waals surface area contributed by atoms with Gasteiger partial charge in [-0.3, -0.25) is 4.99 Å². The molecule has 0 fully saturated rings. The second-order valence-electron chi connectivity index (χ2n) is 9.13. The fourth-order valence-electron chi connectivity index (χ4n) is 5.16. The third-order valence-electron chi connectivity index (χ3n) is 6.64. The van der Waals surface area contributed by atoms with Crippen molar-refractivity contribution >= 4 is 6.21 Å². The number of nitrogens with zero attached hydrogens (tertiary/aromatic N) is 3. The van der Waals surface area contributed by atoms with Gasteiger partial charge in [0.25, 0.3) is 0 Å². The first-order valence-corrected chi connectivity index (χ1v) is 11.0. The van der Waals surface area contributed by atoms with Gasteiger partial charge in [0.05, 0.1) is 11.4 Å². The van der Waals surface area contributed by atoms with Crippen LogP contribution in [-0.4, -0.2) is 15.8 Å². The zero-order chi connectivity index (χ0) is 21.0. The van der Waals surface area contributed by atoms with E-state index in [2.05, 4.69) is 99.1 Å². The van der Waals surface area contributed by atoms with E-state index in [4.69, 9.17) is 4.98 Å². The van der Waals surface area contributed by atoms with Gasteiger partial charge in [0.1, 0.15) is 5.82 Å². The number of aliphatic imine (C=N–C) groups is 1. The highest BCUT2D eigenvalue weighted by Gasteiger charge is 2.37. The molecule has 3 aromatic rings. The number of hydrogen-bond donors (Lipinski definition) is 0. The number of fused-ring (bicyclic) bond motifs is 6. The van der Waals surface area contributed by atoms with Crippen LogP contribution in [0.2, 0.25) is 0 Å². The van der Waals surface area contributed by atoms with Crippen molar-refractivity contribution in [1.29, 1.82) is 0 Å². The monoisotopic (exact) mass is 395 g/mol. The van der Waals surface area contributed by atoms with Gasteiger partial charge in [-0.15, -0.1) is 0 Å². The van der Waals surface area contributed by atoms with E-state index in [1.54, 1.807) is 0 Å². The summed E-state index contributed by atoms with van der Waals surface area (Å²) in [5, 5.41) is 0. The first-order chi connectivity index (χ1) is 14.5. The molecule has 0 amide bonds. The van der Waals surface area contributed by atoms with E-state index in [0.717, 1.165) is 11.5 Å². The van der Waals surface area contributed by atoms with E-state index in [-0.39, 0.29) is 11.8 Å². The molecule has 1 aliphatic carbocycles. The lowest BCUT2D eigenvalue weighted by molar-refractivity contribution is 0.690. The third kappa shape index (κ3) is 2.72. The summed E-state index contributed by atoms with van der Waals surface area (Å²) >= 11 is 0. The highest BCUT2D eigenvalue weighted by molar-refractivity contribution is 5.84. The van der Waals surface area contributed by atoms with Crippen LogP contribution in [0.4, 0.5) is 0 Å². The molecule has 2 atom stereocenters. The summed E-state index contributed by atoms with van der Waals surface area (Å²) in [7, 11) is 2.19. The molecule has 2 aliphatic rings. The van der Waals surface area contributed by atoms with Crippen LogP contribution in [-0.2, 0) is 7.05 Å². The highest BCUT2D eigenvalue weighted by atomic mass is 15.1. The Labute approximate surface area is 179 Å². The minimum absolute atomic E-state index is 0.270. The van der Waals surface area contributed by atoms with E-state index < -0.39 is 0 Å². The maximum atomic E-state index is 5.32. The minimum Gasteiger partial charge on any atom is -0.330 e. The van der Waals surface area contributed by atoms with Gasteiger partial charge in [0, 0.05) is 42.4 Å². The molecular weight excluding hydrogens is 366 g/mol. The Kier molecular flexibility index (Phi) is 4.50. The van der Waals surface area contributed by atoms with Gasteiger partial charge in [-0.1, -0.05) is 76.2 Å². The maximum absolute atomic E-state index is 5.32. The van der Waals surface area contributed by atoms with Crippen molar-refractivity contribution in [1.82, 2.24) is 9.55 Å². The van der Waals surface area contributed by atoms with Crippen LogP contribution in [0.1, 0.15) is 73.8 Å². The zero-order valence-corrected chi connectivity index (χ0v) is 18.4.